The van der Waals surface area contributed by atoms with E-state index in [1.807, 2.05) is 32.0 Å². The van der Waals surface area contributed by atoms with E-state index in [9.17, 15) is 0 Å². The predicted octanol–water partition coefficient (Wildman–Crippen LogP) is 3.35. The van der Waals surface area contributed by atoms with Crippen molar-refractivity contribution in [1.82, 2.24) is 0 Å². The van der Waals surface area contributed by atoms with E-state index in [1.165, 1.54) is 10.8 Å². The molecule has 0 heterocycles. The molecule has 2 rings (SSSR count). The standard InChI is InChI=1S/C15H19NO/c1-15(2,16)9-10-17-14-8-7-12-5-3-4-6-13(12)11-14/h3-8,11H,9-10,16H2,1-2H3. The highest BCUT2D eigenvalue weighted by molar-refractivity contribution is 5.83. The maximum atomic E-state index is 5.91. The molecular formula is C15H19NO. The summed E-state index contributed by atoms with van der Waals surface area (Å²) < 4.78 is 5.71. The summed E-state index contributed by atoms with van der Waals surface area (Å²) in [6.07, 6.45) is 0.847. The Bertz CT molecular complexity index is 499. The molecular weight excluding hydrogens is 210 g/mol. The number of benzene rings is 2. The first-order valence-corrected chi connectivity index (χ1v) is 5.95. The van der Waals surface area contributed by atoms with Crippen LogP contribution in [0.2, 0.25) is 0 Å². The third kappa shape index (κ3) is 3.46. The lowest BCUT2D eigenvalue weighted by atomic mass is 10.0. The van der Waals surface area contributed by atoms with Crippen molar-refractivity contribution in [2.24, 2.45) is 5.73 Å². The van der Waals surface area contributed by atoms with Crippen molar-refractivity contribution >= 4 is 10.8 Å². The summed E-state index contributed by atoms with van der Waals surface area (Å²) >= 11 is 0. The Morgan fingerprint density at radius 1 is 1.06 bits per heavy atom. The van der Waals surface area contributed by atoms with Crippen molar-refractivity contribution in [3.05, 3.63) is 42.5 Å². The Morgan fingerprint density at radius 3 is 2.47 bits per heavy atom. The van der Waals surface area contributed by atoms with Gasteiger partial charge in [-0.3, -0.25) is 0 Å². The van der Waals surface area contributed by atoms with E-state index in [0.717, 1.165) is 12.2 Å². The lowest BCUT2D eigenvalue weighted by Crippen LogP contribution is -2.33. The molecule has 0 atom stereocenters. The minimum atomic E-state index is -0.170. The third-order valence-corrected chi connectivity index (χ3v) is 2.74. The number of ether oxygens (including phenoxy) is 1. The van der Waals surface area contributed by atoms with Gasteiger partial charge in [0, 0.05) is 5.54 Å². The van der Waals surface area contributed by atoms with Crippen LogP contribution in [0.5, 0.6) is 5.75 Å². The van der Waals surface area contributed by atoms with Gasteiger partial charge >= 0.3 is 0 Å². The van der Waals surface area contributed by atoms with Gasteiger partial charge in [-0.25, -0.2) is 0 Å². The Morgan fingerprint density at radius 2 is 1.76 bits per heavy atom. The minimum absolute atomic E-state index is 0.170. The van der Waals surface area contributed by atoms with Crippen molar-refractivity contribution in [2.75, 3.05) is 6.61 Å². The highest BCUT2D eigenvalue weighted by Gasteiger charge is 2.10. The molecule has 0 spiro atoms. The van der Waals surface area contributed by atoms with Gasteiger partial charge in [-0.15, -0.1) is 0 Å². The number of rotatable bonds is 4. The molecule has 2 N–H and O–H groups in total. The molecule has 2 aromatic carbocycles. The van der Waals surface area contributed by atoms with Crippen molar-refractivity contribution in [3.63, 3.8) is 0 Å². The quantitative estimate of drug-likeness (QED) is 0.872. The maximum Gasteiger partial charge on any atom is 0.119 e. The molecule has 0 aliphatic heterocycles. The molecule has 0 aliphatic carbocycles. The van der Waals surface area contributed by atoms with Crippen molar-refractivity contribution in [2.45, 2.75) is 25.8 Å². The molecule has 0 saturated heterocycles. The van der Waals surface area contributed by atoms with Gasteiger partial charge in [0.05, 0.1) is 6.61 Å². The molecule has 90 valence electrons. The average Bonchev–Trinajstić information content (AvgIpc) is 2.27. The fraction of sp³-hybridized carbons (Fsp3) is 0.333. The molecule has 0 saturated carbocycles. The molecule has 0 amide bonds. The van der Waals surface area contributed by atoms with Crippen LogP contribution in [0, 0.1) is 0 Å². The summed E-state index contributed by atoms with van der Waals surface area (Å²) in [5.74, 6) is 0.910. The molecule has 0 unspecified atom stereocenters. The van der Waals surface area contributed by atoms with Gasteiger partial charge < -0.3 is 10.5 Å². The first-order valence-electron chi connectivity index (χ1n) is 5.95. The molecule has 0 fully saturated rings. The highest BCUT2D eigenvalue weighted by atomic mass is 16.5. The topological polar surface area (TPSA) is 35.2 Å². The number of hydrogen-bond acceptors (Lipinski definition) is 2. The summed E-state index contributed by atoms with van der Waals surface area (Å²) in [4.78, 5) is 0. The van der Waals surface area contributed by atoms with Crippen LogP contribution >= 0.6 is 0 Å². The molecule has 17 heavy (non-hydrogen) atoms. The van der Waals surface area contributed by atoms with E-state index < -0.39 is 0 Å². The second-order valence-corrected chi connectivity index (χ2v) is 5.10. The van der Waals surface area contributed by atoms with Gasteiger partial charge in [0.2, 0.25) is 0 Å². The number of nitrogens with two attached hydrogens (primary N) is 1. The normalized spacial score (nSPS) is 11.7. The van der Waals surface area contributed by atoms with E-state index >= 15 is 0 Å². The fourth-order valence-corrected chi connectivity index (χ4v) is 1.69. The zero-order chi connectivity index (χ0) is 12.3. The largest absolute Gasteiger partial charge is 0.494 e. The van der Waals surface area contributed by atoms with Crippen LogP contribution in [0.25, 0.3) is 10.8 Å². The van der Waals surface area contributed by atoms with E-state index in [0.29, 0.717) is 6.61 Å². The van der Waals surface area contributed by atoms with Gasteiger partial charge in [-0.1, -0.05) is 30.3 Å². The summed E-state index contributed by atoms with van der Waals surface area (Å²) in [7, 11) is 0. The van der Waals surface area contributed by atoms with Crippen molar-refractivity contribution in [3.8, 4) is 5.75 Å². The molecule has 0 radical (unpaired) electrons. The summed E-state index contributed by atoms with van der Waals surface area (Å²) in [6.45, 7) is 4.68. The zero-order valence-corrected chi connectivity index (χ0v) is 10.4. The van der Waals surface area contributed by atoms with Crippen LogP contribution in [0.1, 0.15) is 20.3 Å². The van der Waals surface area contributed by atoms with Crippen molar-refractivity contribution in [1.29, 1.82) is 0 Å². The Labute approximate surface area is 102 Å². The van der Waals surface area contributed by atoms with E-state index in [4.69, 9.17) is 10.5 Å². The average molecular weight is 229 g/mol. The zero-order valence-electron chi connectivity index (χ0n) is 10.4. The number of hydrogen-bond donors (Lipinski definition) is 1. The molecule has 0 aliphatic rings. The van der Waals surface area contributed by atoms with Gasteiger partial charge in [-0.2, -0.15) is 0 Å². The predicted molar refractivity (Wildman–Crippen MR) is 72.3 cm³/mol. The van der Waals surface area contributed by atoms with Gasteiger partial charge in [-0.05, 0) is 43.2 Å². The number of fused-ring (bicyclic) bond motifs is 1. The lowest BCUT2D eigenvalue weighted by molar-refractivity contribution is 0.274. The Kier molecular flexibility index (Phi) is 3.34. The van der Waals surface area contributed by atoms with Gasteiger partial charge in [0.1, 0.15) is 5.75 Å². The Hall–Kier alpha value is -1.54. The van der Waals surface area contributed by atoms with Crippen molar-refractivity contribution < 1.29 is 4.74 Å². The van der Waals surface area contributed by atoms with Crippen LogP contribution in [0.4, 0.5) is 0 Å². The molecule has 2 aromatic rings. The molecule has 0 aromatic heterocycles. The van der Waals surface area contributed by atoms with Crippen LogP contribution < -0.4 is 10.5 Å². The minimum Gasteiger partial charge on any atom is -0.494 e. The first-order chi connectivity index (χ1) is 8.04. The summed E-state index contributed by atoms with van der Waals surface area (Å²) in [5, 5.41) is 2.44. The van der Waals surface area contributed by atoms with E-state index in [2.05, 4.69) is 24.3 Å². The first kappa shape index (κ1) is 11.9. The fourth-order valence-electron chi connectivity index (χ4n) is 1.69. The highest BCUT2D eigenvalue weighted by Crippen LogP contribution is 2.20. The lowest BCUT2D eigenvalue weighted by Gasteiger charge is -2.18. The SMILES string of the molecule is CC(C)(N)CCOc1ccc2ccccc2c1. The molecule has 0 bridgehead atoms. The van der Waals surface area contributed by atoms with Gasteiger partial charge in [0.15, 0.2) is 0 Å². The van der Waals surface area contributed by atoms with E-state index in [-0.39, 0.29) is 5.54 Å². The van der Waals surface area contributed by atoms with Crippen LogP contribution in [0.3, 0.4) is 0 Å². The second kappa shape index (κ2) is 4.76. The summed E-state index contributed by atoms with van der Waals surface area (Å²) in [6, 6.07) is 14.4. The second-order valence-electron chi connectivity index (χ2n) is 5.10. The van der Waals surface area contributed by atoms with Crippen LogP contribution in [-0.2, 0) is 0 Å². The molecule has 2 nitrogen and oxygen atoms in total. The van der Waals surface area contributed by atoms with Crippen LogP contribution in [-0.4, -0.2) is 12.1 Å². The van der Waals surface area contributed by atoms with Gasteiger partial charge in [0.25, 0.3) is 0 Å². The molecule has 2 heteroatoms. The summed E-state index contributed by atoms with van der Waals surface area (Å²) in [5.41, 5.74) is 5.74. The van der Waals surface area contributed by atoms with E-state index in [1.54, 1.807) is 0 Å². The van der Waals surface area contributed by atoms with Crippen LogP contribution in [0.15, 0.2) is 42.5 Å². The Balaban J connectivity index is 2.04. The smallest absolute Gasteiger partial charge is 0.119 e. The maximum absolute atomic E-state index is 5.91. The third-order valence-electron chi connectivity index (χ3n) is 2.74. The monoisotopic (exact) mass is 229 g/mol.